The van der Waals surface area contributed by atoms with Crippen LogP contribution in [0.5, 0.6) is 0 Å². The van der Waals surface area contributed by atoms with E-state index in [4.69, 9.17) is 9.47 Å². The second kappa shape index (κ2) is 8.54. The molecule has 0 radical (unpaired) electrons. The highest BCUT2D eigenvalue weighted by atomic mass is 16.5. The number of nitrogens with zero attached hydrogens (tertiary/aromatic N) is 1. The van der Waals surface area contributed by atoms with Gasteiger partial charge in [0.2, 0.25) is 0 Å². The normalized spacial score (nSPS) is 16.6. The van der Waals surface area contributed by atoms with Crippen LogP contribution in [-0.4, -0.2) is 51.3 Å². The highest BCUT2D eigenvalue weighted by molar-refractivity contribution is 5.98. The Morgan fingerprint density at radius 1 is 1.04 bits per heavy atom. The number of hydrogen-bond donors (Lipinski definition) is 1. The number of anilines is 1. The molecule has 6 heteroatoms. The van der Waals surface area contributed by atoms with Crippen LogP contribution in [0.25, 0.3) is 0 Å². The first-order chi connectivity index (χ1) is 13.7. The molecular weight excluding hydrogens is 356 g/mol. The first kappa shape index (κ1) is 18.7. The van der Waals surface area contributed by atoms with Gasteiger partial charge in [-0.2, -0.15) is 0 Å². The van der Waals surface area contributed by atoms with Crippen molar-refractivity contribution in [3.63, 3.8) is 0 Å². The lowest BCUT2D eigenvalue weighted by Crippen LogP contribution is -3.12. The van der Waals surface area contributed by atoms with Crippen molar-refractivity contribution in [2.75, 3.05) is 44.4 Å². The van der Waals surface area contributed by atoms with Gasteiger partial charge in [0.1, 0.15) is 19.6 Å². The van der Waals surface area contributed by atoms with Crippen molar-refractivity contribution in [2.24, 2.45) is 0 Å². The summed E-state index contributed by atoms with van der Waals surface area (Å²) in [6, 6.07) is 15.3. The number of morpholine rings is 1. The molecule has 0 aliphatic carbocycles. The summed E-state index contributed by atoms with van der Waals surface area (Å²) in [6.07, 6.45) is 0.836. The number of nitrogens with one attached hydrogen (secondary N) is 1. The summed E-state index contributed by atoms with van der Waals surface area (Å²) in [5, 5.41) is 0. The first-order valence-corrected chi connectivity index (χ1v) is 9.76. The van der Waals surface area contributed by atoms with Crippen molar-refractivity contribution in [2.45, 2.75) is 13.0 Å². The van der Waals surface area contributed by atoms with Crippen LogP contribution in [0.15, 0.2) is 48.5 Å². The van der Waals surface area contributed by atoms with Gasteiger partial charge >= 0.3 is 5.97 Å². The third-order valence-electron chi connectivity index (χ3n) is 5.36. The van der Waals surface area contributed by atoms with Crippen LogP contribution in [0.3, 0.4) is 0 Å². The van der Waals surface area contributed by atoms with Gasteiger partial charge in [-0.1, -0.05) is 30.3 Å². The summed E-state index contributed by atoms with van der Waals surface area (Å²) in [5.74, 6) is -0.656. The van der Waals surface area contributed by atoms with E-state index in [1.165, 1.54) is 10.5 Å². The zero-order valence-corrected chi connectivity index (χ0v) is 15.9. The zero-order chi connectivity index (χ0) is 19.3. The third kappa shape index (κ3) is 4.24. The Kier molecular flexibility index (Phi) is 5.69. The molecule has 0 bridgehead atoms. The van der Waals surface area contributed by atoms with Crippen LogP contribution < -0.4 is 9.80 Å². The van der Waals surface area contributed by atoms with E-state index in [0.29, 0.717) is 12.1 Å². The van der Waals surface area contributed by atoms with E-state index >= 15 is 0 Å². The van der Waals surface area contributed by atoms with E-state index in [9.17, 15) is 9.59 Å². The second-order valence-corrected chi connectivity index (χ2v) is 7.24. The van der Waals surface area contributed by atoms with E-state index in [1.807, 2.05) is 36.4 Å². The molecule has 0 unspecified atom stereocenters. The number of rotatable bonds is 5. The van der Waals surface area contributed by atoms with Crippen LogP contribution in [0.1, 0.15) is 21.5 Å². The maximum absolute atomic E-state index is 12.5. The highest BCUT2D eigenvalue weighted by Crippen LogP contribution is 2.27. The molecule has 0 aromatic heterocycles. The van der Waals surface area contributed by atoms with E-state index in [1.54, 1.807) is 17.0 Å². The monoisotopic (exact) mass is 381 g/mol. The van der Waals surface area contributed by atoms with Crippen LogP contribution in [0.2, 0.25) is 0 Å². The Morgan fingerprint density at radius 3 is 2.57 bits per heavy atom. The smallest absolute Gasteiger partial charge is 0.338 e. The van der Waals surface area contributed by atoms with Crippen LogP contribution in [0.4, 0.5) is 5.69 Å². The van der Waals surface area contributed by atoms with E-state index in [0.717, 1.165) is 50.5 Å². The molecule has 2 aromatic carbocycles. The van der Waals surface area contributed by atoms with Crippen molar-refractivity contribution in [3.05, 3.63) is 65.2 Å². The molecule has 1 N–H and O–H groups in total. The summed E-state index contributed by atoms with van der Waals surface area (Å²) < 4.78 is 10.6. The Balaban J connectivity index is 1.29. The standard InChI is InChI=1S/C22H24N2O4/c25-21(24-10-9-18-3-1-2-4-20(18)24)16-28-22(26)19-7-5-17(6-8-19)15-23-11-13-27-14-12-23/h1-8H,9-16H2/p+1. The maximum Gasteiger partial charge on any atom is 0.338 e. The van der Waals surface area contributed by atoms with Crippen molar-refractivity contribution in [1.82, 2.24) is 0 Å². The first-order valence-electron chi connectivity index (χ1n) is 9.76. The number of carbonyl (C=O) groups is 2. The fourth-order valence-corrected chi connectivity index (χ4v) is 3.77. The van der Waals surface area contributed by atoms with E-state index in [-0.39, 0.29) is 12.5 Å². The van der Waals surface area contributed by atoms with Gasteiger partial charge in [-0.3, -0.25) is 4.79 Å². The average Bonchev–Trinajstić information content (AvgIpc) is 3.17. The lowest BCUT2D eigenvalue weighted by molar-refractivity contribution is -0.921. The number of benzene rings is 2. The van der Waals surface area contributed by atoms with Gasteiger partial charge in [-0.15, -0.1) is 0 Å². The van der Waals surface area contributed by atoms with Crippen molar-refractivity contribution in [3.8, 4) is 0 Å². The van der Waals surface area contributed by atoms with Gasteiger partial charge in [0, 0.05) is 17.8 Å². The highest BCUT2D eigenvalue weighted by Gasteiger charge is 2.25. The molecule has 0 saturated carbocycles. The number of fused-ring (bicyclic) bond motifs is 1. The number of esters is 1. The van der Waals surface area contributed by atoms with Gasteiger partial charge < -0.3 is 19.3 Å². The van der Waals surface area contributed by atoms with Gasteiger partial charge in [0.05, 0.1) is 18.8 Å². The summed E-state index contributed by atoms with van der Waals surface area (Å²) >= 11 is 0. The molecule has 4 rings (SSSR count). The molecule has 0 spiro atoms. The Labute approximate surface area is 164 Å². The molecule has 1 amide bonds. The number of ether oxygens (including phenoxy) is 2. The quantitative estimate of drug-likeness (QED) is 0.780. The number of para-hydroxylation sites is 1. The number of quaternary nitrogens is 1. The van der Waals surface area contributed by atoms with E-state index in [2.05, 4.69) is 0 Å². The van der Waals surface area contributed by atoms with Crippen molar-refractivity contribution < 1.29 is 24.0 Å². The number of amides is 1. The van der Waals surface area contributed by atoms with Gasteiger partial charge in [-0.05, 0) is 30.2 Å². The summed E-state index contributed by atoms with van der Waals surface area (Å²) in [4.78, 5) is 27.9. The average molecular weight is 381 g/mol. The molecule has 0 atom stereocenters. The SMILES string of the molecule is O=C(OCC(=O)N1CCc2ccccc21)c1ccc(C[NH+]2CCOCC2)cc1. The Hall–Kier alpha value is -2.70. The fourth-order valence-electron chi connectivity index (χ4n) is 3.77. The van der Waals surface area contributed by atoms with Gasteiger partial charge in [-0.25, -0.2) is 4.79 Å². The summed E-state index contributed by atoms with van der Waals surface area (Å²) in [6.45, 7) is 4.92. The Bertz CT molecular complexity index is 844. The van der Waals surface area contributed by atoms with Gasteiger partial charge in [0.15, 0.2) is 6.61 Å². The summed E-state index contributed by atoms with van der Waals surface area (Å²) in [7, 11) is 0. The predicted molar refractivity (Wildman–Crippen MR) is 104 cm³/mol. The minimum Gasteiger partial charge on any atom is -0.452 e. The Morgan fingerprint density at radius 2 is 1.79 bits per heavy atom. The topological polar surface area (TPSA) is 60.3 Å². The van der Waals surface area contributed by atoms with Crippen LogP contribution in [-0.2, 0) is 27.2 Å². The molecule has 1 saturated heterocycles. The maximum atomic E-state index is 12.5. The summed E-state index contributed by atoms with van der Waals surface area (Å²) in [5.41, 5.74) is 3.72. The third-order valence-corrected chi connectivity index (χ3v) is 5.36. The zero-order valence-electron chi connectivity index (χ0n) is 15.9. The molecule has 1 fully saturated rings. The number of hydrogen-bond acceptors (Lipinski definition) is 4. The second-order valence-electron chi connectivity index (χ2n) is 7.24. The lowest BCUT2D eigenvalue weighted by atomic mass is 10.1. The van der Waals surface area contributed by atoms with Crippen molar-refractivity contribution >= 4 is 17.6 Å². The minimum absolute atomic E-state index is 0.189. The molecule has 2 aliphatic rings. The molecule has 6 nitrogen and oxygen atoms in total. The molecular formula is C22H25N2O4+. The molecule has 146 valence electrons. The number of carbonyl (C=O) groups excluding carboxylic acids is 2. The van der Waals surface area contributed by atoms with Crippen LogP contribution >= 0.6 is 0 Å². The lowest BCUT2D eigenvalue weighted by Gasteiger charge is -2.23. The largest absolute Gasteiger partial charge is 0.452 e. The fraction of sp³-hybridized carbons (Fsp3) is 0.364. The van der Waals surface area contributed by atoms with Gasteiger partial charge in [0.25, 0.3) is 5.91 Å². The minimum atomic E-state index is -0.467. The molecule has 28 heavy (non-hydrogen) atoms. The van der Waals surface area contributed by atoms with E-state index < -0.39 is 5.97 Å². The van der Waals surface area contributed by atoms with Crippen LogP contribution in [0, 0.1) is 0 Å². The molecule has 2 aliphatic heterocycles. The molecule has 2 aromatic rings. The molecule has 2 heterocycles. The van der Waals surface area contributed by atoms with Crippen molar-refractivity contribution in [1.29, 1.82) is 0 Å². The predicted octanol–water partition coefficient (Wildman–Crippen LogP) is 0.848.